The molecule has 2 aromatic carbocycles. The van der Waals surface area contributed by atoms with E-state index in [1.807, 2.05) is 54.7 Å². The molecule has 220 valence electrons. The number of unbranched alkanes of at least 4 members (excludes halogenated alkanes) is 2. The van der Waals surface area contributed by atoms with Crippen molar-refractivity contribution in [2.75, 3.05) is 16.8 Å². The SMILES string of the molecule is C=C(Nc1ccc(/C(N)=N/NN)cc1)C1CCCCN1c1cc(=O)n2cc(-c3ccc(Cl)cc3)nc2n1CCCCC. The molecule has 1 aliphatic heterocycles. The van der Waals surface area contributed by atoms with Crippen LogP contribution in [0.25, 0.3) is 17.0 Å². The van der Waals surface area contributed by atoms with Crippen LogP contribution in [-0.4, -0.2) is 32.4 Å². The Labute approximate surface area is 250 Å². The van der Waals surface area contributed by atoms with E-state index in [4.69, 9.17) is 28.2 Å². The van der Waals surface area contributed by atoms with Gasteiger partial charge in [-0.2, -0.15) is 0 Å². The van der Waals surface area contributed by atoms with Crippen LogP contribution in [0.2, 0.25) is 5.02 Å². The number of hydrogen-bond acceptors (Lipinski definition) is 7. The van der Waals surface area contributed by atoms with Gasteiger partial charge in [0.2, 0.25) is 5.78 Å². The van der Waals surface area contributed by atoms with Crippen molar-refractivity contribution >= 4 is 34.7 Å². The lowest BCUT2D eigenvalue weighted by atomic mass is 9.99. The Morgan fingerprint density at radius 2 is 1.90 bits per heavy atom. The van der Waals surface area contributed by atoms with Crippen LogP contribution in [0.3, 0.4) is 0 Å². The number of fused-ring (bicyclic) bond motifs is 1. The Balaban J connectivity index is 1.49. The molecule has 1 atom stereocenters. The number of halogens is 1. The smallest absolute Gasteiger partial charge is 0.261 e. The highest BCUT2D eigenvalue weighted by atomic mass is 35.5. The van der Waals surface area contributed by atoms with E-state index in [1.54, 1.807) is 10.5 Å². The van der Waals surface area contributed by atoms with Crippen molar-refractivity contribution in [3.63, 3.8) is 0 Å². The molecule has 42 heavy (non-hydrogen) atoms. The molecule has 0 spiro atoms. The first kappa shape index (κ1) is 29.2. The number of nitrogens with zero attached hydrogens (tertiary/aromatic N) is 5. The van der Waals surface area contributed by atoms with E-state index < -0.39 is 0 Å². The Morgan fingerprint density at radius 3 is 2.62 bits per heavy atom. The summed E-state index contributed by atoms with van der Waals surface area (Å²) in [6.07, 6.45) is 8.03. The highest BCUT2D eigenvalue weighted by Crippen LogP contribution is 2.31. The zero-order valence-electron chi connectivity index (χ0n) is 23.9. The number of hydrogen-bond donors (Lipinski definition) is 4. The minimum absolute atomic E-state index is 0.00327. The van der Waals surface area contributed by atoms with Gasteiger partial charge in [0.25, 0.3) is 5.56 Å². The van der Waals surface area contributed by atoms with Crippen molar-refractivity contribution in [3.8, 4) is 11.3 Å². The van der Waals surface area contributed by atoms with Gasteiger partial charge >= 0.3 is 0 Å². The molecule has 0 aliphatic carbocycles. The van der Waals surface area contributed by atoms with Gasteiger partial charge in [-0.15, -0.1) is 5.10 Å². The lowest BCUT2D eigenvalue weighted by Crippen LogP contribution is -2.44. The molecule has 0 saturated carbocycles. The lowest BCUT2D eigenvalue weighted by molar-refractivity contribution is 0.483. The van der Waals surface area contributed by atoms with E-state index in [1.165, 1.54) is 0 Å². The first-order valence-electron chi connectivity index (χ1n) is 14.4. The number of aromatic nitrogens is 3. The van der Waals surface area contributed by atoms with E-state index in [9.17, 15) is 4.79 Å². The molecule has 11 heteroatoms. The standard InChI is InChI=1S/C31H38ClN9O/c1-3-4-6-18-40-28(19-29(42)41-20-26(36-31(40)41)22-9-13-24(32)14-10-22)39-17-7-5-8-27(39)21(2)35-25-15-11-23(12-16-25)30(33)37-38-34/h9-16,19-20,27,35,38H,2-8,17-18,34H2,1H3,(H2,33,37). The third kappa shape index (κ3) is 6.29. The fourth-order valence-corrected chi connectivity index (χ4v) is 5.64. The number of aryl methyl sites for hydroxylation is 1. The number of nitrogens with one attached hydrogen (secondary N) is 2. The van der Waals surface area contributed by atoms with E-state index in [0.29, 0.717) is 16.6 Å². The van der Waals surface area contributed by atoms with Crippen LogP contribution >= 0.6 is 11.6 Å². The minimum Gasteiger partial charge on any atom is -0.382 e. The first-order valence-corrected chi connectivity index (χ1v) is 14.8. The number of amidine groups is 1. The van der Waals surface area contributed by atoms with E-state index in [2.05, 4.69) is 38.9 Å². The fraction of sp³-hybridized carbons (Fsp3) is 0.323. The molecule has 10 nitrogen and oxygen atoms in total. The number of imidazole rings is 1. The summed E-state index contributed by atoms with van der Waals surface area (Å²) >= 11 is 6.11. The van der Waals surface area contributed by atoms with Gasteiger partial charge in [0.15, 0.2) is 5.84 Å². The van der Waals surface area contributed by atoms with Gasteiger partial charge in [-0.1, -0.05) is 50.1 Å². The number of rotatable bonds is 11. The number of hydrazone groups is 1. The van der Waals surface area contributed by atoms with Crippen LogP contribution in [0.4, 0.5) is 11.5 Å². The molecular formula is C31H38ClN9O. The molecule has 1 aliphatic rings. The van der Waals surface area contributed by atoms with Crippen molar-refractivity contribution < 1.29 is 0 Å². The molecule has 0 amide bonds. The number of anilines is 2. The maximum absolute atomic E-state index is 13.5. The maximum Gasteiger partial charge on any atom is 0.261 e. The summed E-state index contributed by atoms with van der Waals surface area (Å²) in [6.45, 7) is 8.20. The average Bonchev–Trinajstić information content (AvgIpc) is 3.45. The Hall–Kier alpha value is -4.28. The van der Waals surface area contributed by atoms with Crippen molar-refractivity contribution in [1.29, 1.82) is 0 Å². The van der Waals surface area contributed by atoms with Gasteiger partial charge in [0, 0.05) is 52.9 Å². The topological polar surface area (TPSA) is 131 Å². The zero-order chi connectivity index (χ0) is 29.6. The predicted molar refractivity (Wildman–Crippen MR) is 172 cm³/mol. The second kappa shape index (κ2) is 13.1. The van der Waals surface area contributed by atoms with Crippen LogP contribution < -0.4 is 32.9 Å². The Kier molecular flexibility index (Phi) is 9.14. The van der Waals surface area contributed by atoms with Crippen molar-refractivity contribution in [1.82, 2.24) is 19.5 Å². The normalized spacial score (nSPS) is 15.6. The third-order valence-corrected chi connectivity index (χ3v) is 7.94. The molecule has 6 N–H and O–H groups in total. The number of piperidine rings is 1. The van der Waals surface area contributed by atoms with Gasteiger partial charge in [-0.05, 0) is 62.1 Å². The number of hydrazine groups is 1. The average molecular weight is 588 g/mol. The molecule has 2 aromatic heterocycles. The molecule has 1 fully saturated rings. The van der Waals surface area contributed by atoms with Crippen LogP contribution in [0.15, 0.2) is 83.0 Å². The quantitative estimate of drug-likeness (QED) is 0.0633. The maximum atomic E-state index is 13.5. The first-order chi connectivity index (χ1) is 20.4. The second-order valence-corrected chi connectivity index (χ2v) is 11.0. The summed E-state index contributed by atoms with van der Waals surface area (Å²) in [5.74, 6) is 7.06. The summed E-state index contributed by atoms with van der Waals surface area (Å²) in [7, 11) is 0. The second-order valence-electron chi connectivity index (χ2n) is 10.6. The van der Waals surface area contributed by atoms with Crippen molar-refractivity contribution in [2.45, 2.75) is 58.0 Å². The summed E-state index contributed by atoms with van der Waals surface area (Å²) in [6, 6.07) is 16.9. The van der Waals surface area contributed by atoms with Gasteiger partial charge in [0.05, 0.1) is 11.7 Å². The van der Waals surface area contributed by atoms with E-state index >= 15 is 0 Å². The number of benzene rings is 2. The van der Waals surface area contributed by atoms with Crippen LogP contribution in [0.1, 0.15) is 51.0 Å². The monoisotopic (exact) mass is 587 g/mol. The highest BCUT2D eigenvalue weighted by Gasteiger charge is 2.28. The van der Waals surface area contributed by atoms with Gasteiger partial charge in [0.1, 0.15) is 5.82 Å². The highest BCUT2D eigenvalue weighted by molar-refractivity contribution is 6.30. The summed E-state index contributed by atoms with van der Waals surface area (Å²) < 4.78 is 3.85. The van der Waals surface area contributed by atoms with Gasteiger partial charge in [-0.3, -0.25) is 13.8 Å². The molecule has 1 unspecified atom stereocenters. The minimum atomic E-state index is -0.107. The largest absolute Gasteiger partial charge is 0.382 e. The van der Waals surface area contributed by atoms with Gasteiger partial charge in [-0.25, -0.2) is 16.4 Å². The third-order valence-electron chi connectivity index (χ3n) is 7.69. The predicted octanol–water partition coefficient (Wildman–Crippen LogP) is 5.07. The van der Waals surface area contributed by atoms with Crippen LogP contribution in [-0.2, 0) is 6.54 Å². The van der Waals surface area contributed by atoms with E-state index in [-0.39, 0.29) is 11.6 Å². The summed E-state index contributed by atoms with van der Waals surface area (Å²) in [5.41, 5.74) is 12.2. The zero-order valence-corrected chi connectivity index (χ0v) is 24.6. The molecule has 1 saturated heterocycles. The number of nitrogens with two attached hydrogens (primary N) is 2. The van der Waals surface area contributed by atoms with E-state index in [0.717, 1.165) is 85.6 Å². The van der Waals surface area contributed by atoms with Gasteiger partial charge < -0.3 is 16.0 Å². The molecule has 0 bridgehead atoms. The molecule has 5 rings (SSSR count). The Bertz CT molecular complexity index is 1620. The molecular weight excluding hydrogens is 550 g/mol. The lowest BCUT2D eigenvalue weighted by Gasteiger charge is -2.40. The van der Waals surface area contributed by atoms with Crippen LogP contribution in [0, 0.1) is 0 Å². The van der Waals surface area contributed by atoms with Crippen molar-refractivity contribution in [3.05, 3.63) is 94.0 Å². The molecule has 3 heterocycles. The Morgan fingerprint density at radius 1 is 1.14 bits per heavy atom. The summed E-state index contributed by atoms with van der Waals surface area (Å²) in [4.78, 5) is 20.8. The fourth-order valence-electron chi connectivity index (χ4n) is 5.51. The summed E-state index contributed by atoms with van der Waals surface area (Å²) in [5, 5.41) is 7.97. The molecule has 4 aromatic rings. The van der Waals surface area contributed by atoms with Crippen LogP contribution in [0.5, 0.6) is 0 Å². The molecule has 0 radical (unpaired) electrons. The van der Waals surface area contributed by atoms with Crippen molar-refractivity contribution in [2.24, 2.45) is 16.7 Å².